The fourth-order valence-electron chi connectivity index (χ4n) is 1.25. The average molecular weight is 240 g/mol. The Kier molecular flexibility index (Phi) is 2.66. The molecule has 0 aliphatic heterocycles. The maximum atomic E-state index is 12.5. The SMILES string of the molecule is Nc1cc(-c2cccnc2)nc(C(F)(F)F)n1. The Morgan fingerprint density at radius 2 is 1.94 bits per heavy atom. The number of nitrogens with two attached hydrogens (primary N) is 1. The molecule has 0 aliphatic rings. The van der Waals surface area contributed by atoms with Crippen molar-refractivity contribution in [3.8, 4) is 11.3 Å². The lowest BCUT2D eigenvalue weighted by molar-refractivity contribution is -0.144. The van der Waals surface area contributed by atoms with E-state index in [0.717, 1.165) is 0 Å². The van der Waals surface area contributed by atoms with E-state index in [2.05, 4.69) is 15.0 Å². The van der Waals surface area contributed by atoms with Crippen molar-refractivity contribution >= 4 is 5.82 Å². The molecule has 88 valence electrons. The van der Waals surface area contributed by atoms with E-state index >= 15 is 0 Å². The minimum atomic E-state index is -4.62. The summed E-state index contributed by atoms with van der Waals surface area (Å²) < 4.78 is 37.4. The number of nitrogen functional groups attached to an aromatic ring is 1. The van der Waals surface area contributed by atoms with Crippen LogP contribution in [0, 0.1) is 0 Å². The highest BCUT2D eigenvalue weighted by molar-refractivity contribution is 5.60. The molecular weight excluding hydrogens is 233 g/mol. The van der Waals surface area contributed by atoms with Crippen LogP contribution in [0.4, 0.5) is 19.0 Å². The van der Waals surface area contributed by atoms with Crippen molar-refractivity contribution in [3.63, 3.8) is 0 Å². The third-order valence-corrected chi connectivity index (χ3v) is 1.96. The monoisotopic (exact) mass is 240 g/mol. The second-order valence-electron chi connectivity index (χ2n) is 3.24. The summed E-state index contributed by atoms with van der Waals surface area (Å²) in [5.74, 6) is -1.48. The highest BCUT2D eigenvalue weighted by atomic mass is 19.4. The van der Waals surface area contributed by atoms with Crippen LogP contribution in [0.5, 0.6) is 0 Å². The molecule has 17 heavy (non-hydrogen) atoms. The van der Waals surface area contributed by atoms with Crippen LogP contribution < -0.4 is 5.73 Å². The van der Waals surface area contributed by atoms with Gasteiger partial charge in [-0.3, -0.25) is 4.98 Å². The van der Waals surface area contributed by atoms with Crippen LogP contribution in [0.25, 0.3) is 11.3 Å². The first kappa shape index (κ1) is 11.3. The van der Waals surface area contributed by atoms with Gasteiger partial charge in [0, 0.05) is 24.0 Å². The number of hydrogen-bond donors (Lipinski definition) is 1. The first-order chi connectivity index (χ1) is 7.97. The van der Waals surface area contributed by atoms with Crippen molar-refractivity contribution < 1.29 is 13.2 Å². The summed E-state index contributed by atoms with van der Waals surface area (Å²) in [6.07, 6.45) is -1.70. The summed E-state index contributed by atoms with van der Waals surface area (Å²) in [6, 6.07) is 4.46. The smallest absolute Gasteiger partial charge is 0.384 e. The number of halogens is 3. The molecule has 7 heteroatoms. The molecule has 0 fully saturated rings. The molecule has 0 aliphatic carbocycles. The van der Waals surface area contributed by atoms with Crippen molar-refractivity contribution in [2.45, 2.75) is 6.18 Å². The zero-order valence-electron chi connectivity index (χ0n) is 8.44. The Balaban J connectivity index is 2.54. The van der Waals surface area contributed by atoms with Crippen LogP contribution in [0.1, 0.15) is 5.82 Å². The van der Waals surface area contributed by atoms with Gasteiger partial charge in [-0.1, -0.05) is 0 Å². The molecule has 4 nitrogen and oxygen atoms in total. The van der Waals surface area contributed by atoms with Crippen molar-refractivity contribution in [2.75, 3.05) is 5.73 Å². The lowest BCUT2D eigenvalue weighted by Crippen LogP contribution is -2.13. The van der Waals surface area contributed by atoms with Crippen molar-refractivity contribution in [1.82, 2.24) is 15.0 Å². The largest absolute Gasteiger partial charge is 0.451 e. The van der Waals surface area contributed by atoms with Gasteiger partial charge in [0.1, 0.15) is 5.82 Å². The lowest BCUT2D eigenvalue weighted by Gasteiger charge is -2.07. The zero-order valence-corrected chi connectivity index (χ0v) is 8.44. The molecule has 0 bridgehead atoms. The van der Waals surface area contributed by atoms with E-state index in [1.54, 1.807) is 12.1 Å². The first-order valence-electron chi connectivity index (χ1n) is 4.59. The molecule has 2 aromatic rings. The fourth-order valence-corrected chi connectivity index (χ4v) is 1.25. The van der Waals surface area contributed by atoms with Gasteiger partial charge in [-0.25, -0.2) is 9.97 Å². The normalized spacial score (nSPS) is 11.5. The second kappa shape index (κ2) is 4.00. The molecule has 0 radical (unpaired) electrons. The van der Waals surface area contributed by atoms with Crippen LogP contribution in [0.3, 0.4) is 0 Å². The number of aromatic nitrogens is 3. The summed E-state index contributed by atoms with van der Waals surface area (Å²) in [4.78, 5) is 10.4. The number of rotatable bonds is 1. The van der Waals surface area contributed by atoms with Crippen LogP contribution in [-0.4, -0.2) is 15.0 Å². The molecule has 2 N–H and O–H groups in total. The van der Waals surface area contributed by atoms with Gasteiger partial charge >= 0.3 is 6.18 Å². The Labute approximate surface area is 94.3 Å². The third kappa shape index (κ3) is 2.49. The molecule has 0 amide bonds. The minimum absolute atomic E-state index is 0.0953. The molecule has 2 aromatic heterocycles. The summed E-state index contributed by atoms with van der Waals surface area (Å²) in [5, 5.41) is 0. The molecule has 0 saturated carbocycles. The standard InChI is InChI=1S/C10H7F3N4/c11-10(12,13)9-16-7(4-8(14)17-9)6-2-1-3-15-5-6/h1-5H,(H2,14,16,17). The topological polar surface area (TPSA) is 64.7 Å². The maximum absolute atomic E-state index is 12.5. The van der Waals surface area contributed by atoms with E-state index in [1.165, 1.54) is 18.5 Å². The Morgan fingerprint density at radius 1 is 1.18 bits per heavy atom. The number of anilines is 1. The minimum Gasteiger partial charge on any atom is -0.384 e. The van der Waals surface area contributed by atoms with Gasteiger partial charge in [0.15, 0.2) is 0 Å². The lowest BCUT2D eigenvalue weighted by atomic mass is 10.2. The summed E-state index contributed by atoms with van der Waals surface area (Å²) >= 11 is 0. The van der Waals surface area contributed by atoms with Gasteiger partial charge in [-0.15, -0.1) is 0 Å². The molecule has 0 aromatic carbocycles. The number of hydrogen-bond acceptors (Lipinski definition) is 4. The highest BCUT2D eigenvalue weighted by Gasteiger charge is 2.35. The summed E-state index contributed by atoms with van der Waals surface area (Å²) in [7, 11) is 0. The fraction of sp³-hybridized carbons (Fsp3) is 0.100. The molecule has 0 atom stereocenters. The zero-order chi connectivity index (χ0) is 12.5. The van der Waals surface area contributed by atoms with Crippen molar-refractivity contribution in [1.29, 1.82) is 0 Å². The van der Waals surface area contributed by atoms with Crippen molar-refractivity contribution in [2.24, 2.45) is 0 Å². The molecular formula is C10H7F3N4. The van der Waals surface area contributed by atoms with Gasteiger partial charge < -0.3 is 5.73 Å². The molecule has 0 saturated heterocycles. The van der Waals surface area contributed by atoms with Gasteiger partial charge in [-0.05, 0) is 12.1 Å². The highest BCUT2D eigenvalue weighted by Crippen LogP contribution is 2.28. The van der Waals surface area contributed by atoms with E-state index in [9.17, 15) is 13.2 Å². The van der Waals surface area contributed by atoms with Crippen molar-refractivity contribution in [3.05, 3.63) is 36.4 Å². The Bertz CT molecular complexity index is 525. The predicted octanol–water partition coefficient (Wildman–Crippen LogP) is 2.14. The quantitative estimate of drug-likeness (QED) is 0.829. The molecule has 2 heterocycles. The number of nitrogens with zero attached hydrogens (tertiary/aromatic N) is 3. The molecule has 0 spiro atoms. The summed E-state index contributed by atoms with van der Waals surface area (Å²) in [5.41, 5.74) is 5.87. The molecule has 0 unspecified atom stereocenters. The Hall–Kier alpha value is -2.18. The number of pyridine rings is 1. The Morgan fingerprint density at radius 3 is 2.53 bits per heavy atom. The van der Waals surface area contributed by atoms with Gasteiger partial charge in [-0.2, -0.15) is 13.2 Å². The van der Waals surface area contributed by atoms with E-state index in [4.69, 9.17) is 5.73 Å². The van der Waals surface area contributed by atoms with Crippen LogP contribution in [-0.2, 0) is 6.18 Å². The van der Waals surface area contributed by atoms with E-state index < -0.39 is 12.0 Å². The van der Waals surface area contributed by atoms with E-state index in [1.807, 2.05) is 0 Å². The number of alkyl halides is 3. The second-order valence-corrected chi connectivity index (χ2v) is 3.24. The third-order valence-electron chi connectivity index (χ3n) is 1.96. The maximum Gasteiger partial charge on any atom is 0.451 e. The van der Waals surface area contributed by atoms with Crippen LogP contribution in [0.15, 0.2) is 30.6 Å². The van der Waals surface area contributed by atoms with Crippen LogP contribution in [0.2, 0.25) is 0 Å². The van der Waals surface area contributed by atoms with Gasteiger partial charge in [0.2, 0.25) is 5.82 Å². The average Bonchev–Trinajstić information content (AvgIpc) is 2.28. The first-order valence-corrected chi connectivity index (χ1v) is 4.59. The van der Waals surface area contributed by atoms with Gasteiger partial charge in [0.05, 0.1) is 5.69 Å². The van der Waals surface area contributed by atoms with E-state index in [-0.39, 0.29) is 11.5 Å². The van der Waals surface area contributed by atoms with Gasteiger partial charge in [0.25, 0.3) is 0 Å². The predicted molar refractivity (Wildman–Crippen MR) is 54.7 cm³/mol. The summed E-state index contributed by atoms with van der Waals surface area (Å²) in [6.45, 7) is 0. The van der Waals surface area contributed by atoms with Crippen LogP contribution >= 0.6 is 0 Å². The molecule has 2 rings (SSSR count). The van der Waals surface area contributed by atoms with E-state index in [0.29, 0.717) is 5.56 Å².